The van der Waals surface area contributed by atoms with Crippen LogP contribution in [0.5, 0.6) is 0 Å². The van der Waals surface area contributed by atoms with Gasteiger partial charge in [-0.15, -0.1) is 0 Å². The molecule has 0 radical (unpaired) electrons. The Morgan fingerprint density at radius 3 is 2.30 bits per heavy atom. The smallest absolute Gasteiger partial charge is 0.308 e. The Kier molecular flexibility index (Phi) is 5.03. The average Bonchev–Trinajstić information content (AvgIpc) is 2.73. The number of nitrogens with zero attached hydrogens (tertiary/aromatic N) is 1. The second kappa shape index (κ2) is 7.71. The van der Waals surface area contributed by atoms with Gasteiger partial charge in [0.05, 0.1) is 11.8 Å². The molecule has 1 aliphatic heterocycles. The van der Waals surface area contributed by atoms with Gasteiger partial charge < -0.3 is 15.0 Å². The molecule has 5 aliphatic rings. The van der Waals surface area contributed by atoms with Crippen molar-refractivity contribution in [1.29, 1.82) is 0 Å². The second-order valence-corrected chi connectivity index (χ2v) is 9.85. The highest BCUT2D eigenvalue weighted by Crippen LogP contribution is 2.60. The minimum Gasteiger partial charge on any atom is -0.461 e. The maximum absolute atomic E-state index is 13.8. The Bertz CT molecular complexity index is 802. The van der Waals surface area contributed by atoms with Gasteiger partial charge in [0.15, 0.2) is 0 Å². The fraction of sp³-hybridized carbons (Fsp3) is 0.625. The van der Waals surface area contributed by atoms with E-state index in [4.69, 9.17) is 4.74 Å². The van der Waals surface area contributed by atoms with Gasteiger partial charge in [0.1, 0.15) is 12.6 Å². The van der Waals surface area contributed by atoms with E-state index >= 15 is 0 Å². The topological polar surface area (TPSA) is 75.7 Å². The largest absolute Gasteiger partial charge is 0.461 e. The zero-order chi connectivity index (χ0) is 20.7. The molecule has 0 spiro atoms. The normalized spacial score (nSPS) is 34.5. The van der Waals surface area contributed by atoms with Gasteiger partial charge in [0.25, 0.3) is 0 Å². The molecule has 0 aromatic heterocycles. The summed E-state index contributed by atoms with van der Waals surface area (Å²) in [6, 6.07) is 8.72. The number of benzene rings is 1. The lowest BCUT2D eigenvalue weighted by Gasteiger charge is -2.57. The van der Waals surface area contributed by atoms with Crippen molar-refractivity contribution in [2.24, 2.45) is 23.2 Å². The van der Waals surface area contributed by atoms with Crippen LogP contribution in [0.15, 0.2) is 30.3 Å². The third kappa shape index (κ3) is 3.61. The number of piperazine rings is 1. The van der Waals surface area contributed by atoms with Crippen LogP contribution in [0, 0.1) is 23.2 Å². The van der Waals surface area contributed by atoms with Crippen LogP contribution in [0.2, 0.25) is 0 Å². The van der Waals surface area contributed by atoms with Crippen molar-refractivity contribution in [2.75, 3.05) is 13.1 Å². The molecule has 4 saturated carbocycles. The van der Waals surface area contributed by atoms with Gasteiger partial charge >= 0.3 is 5.97 Å². The van der Waals surface area contributed by atoms with E-state index in [2.05, 4.69) is 5.32 Å². The fourth-order valence-corrected chi connectivity index (χ4v) is 6.79. The molecule has 5 fully saturated rings. The molecular formula is C24H30N2O4. The number of hydrogen-bond donors (Lipinski definition) is 1. The summed E-state index contributed by atoms with van der Waals surface area (Å²) in [5, 5.41) is 2.83. The molecule has 30 heavy (non-hydrogen) atoms. The Morgan fingerprint density at radius 1 is 1.03 bits per heavy atom. The van der Waals surface area contributed by atoms with Gasteiger partial charge in [0, 0.05) is 13.1 Å². The average molecular weight is 411 g/mol. The van der Waals surface area contributed by atoms with Crippen LogP contribution in [-0.2, 0) is 25.7 Å². The number of amides is 2. The summed E-state index contributed by atoms with van der Waals surface area (Å²) in [6.45, 7) is 1.10. The van der Waals surface area contributed by atoms with Crippen LogP contribution >= 0.6 is 0 Å². The zero-order valence-electron chi connectivity index (χ0n) is 17.3. The Morgan fingerprint density at radius 2 is 1.67 bits per heavy atom. The summed E-state index contributed by atoms with van der Waals surface area (Å²) in [6.07, 6.45) is 6.59. The highest BCUT2D eigenvalue weighted by atomic mass is 16.5. The highest BCUT2D eigenvalue weighted by molar-refractivity contribution is 5.93. The van der Waals surface area contributed by atoms with Crippen molar-refractivity contribution in [1.82, 2.24) is 10.2 Å². The molecule has 6 nitrogen and oxygen atoms in total. The quantitative estimate of drug-likeness (QED) is 0.758. The van der Waals surface area contributed by atoms with Gasteiger partial charge in [-0.05, 0) is 61.8 Å². The number of hydrogen-bond acceptors (Lipinski definition) is 4. The van der Waals surface area contributed by atoms with Crippen molar-refractivity contribution >= 4 is 17.8 Å². The van der Waals surface area contributed by atoms with Crippen molar-refractivity contribution in [3.05, 3.63) is 35.9 Å². The van der Waals surface area contributed by atoms with Gasteiger partial charge in [-0.2, -0.15) is 0 Å². The molecule has 1 atom stereocenters. The van der Waals surface area contributed by atoms with Gasteiger partial charge in [-0.1, -0.05) is 30.3 Å². The monoisotopic (exact) mass is 410 g/mol. The van der Waals surface area contributed by atoms with E-state index in [0.717, 1.165) is 24.8 Å². The predicted octanol–water partition coefficient (Wildman–Crippen LogP) is 2.66. The molecule has 1 aromatic carbocycles. The molecule has 160 valence electrons. The Hall–Kier alpha value is -2.37. The number of carbonyl (C=O) groups excluding carboxylic acids is 3. The molecule has 2 amide bonds. The first-order valence-electron chi connectivity index (χ1n) is 11.3. The van der Waals surface area contributed by atoms with E-state index in [9.17, 15) is 14.4 Å². The zero-order valence-corrected chi connectivity index (χ0v) is 17.3. The molecule has 6 heteroatoms. The maximum Gasteiger partial charge on any atom is 0.308 e. The van der Waals surface area contributed by atoms with E-state index in [-0.39, 0.29) is 30.3 Å². The van der Waals surface area contributed by atoms with Crippen molar-refractivity contribution in [3.8, 4) is 0 Å². The van der Waals surface area contributed by atoms with E-state index < -0.39 is 12.0 Å². The molecule has 4 aliphatic carbocycles. The van der Waals surface area contributed by atoms with Crippen LogP contribution in [0.3, 0.4) is 0 Å². The molecular weight excluding hydrogens is 380 g/mol. The molecule has 6 rings (SSSR count). The summed E-state index contributed by atoms with van der Waals surface area (Å²) in [5.41, 5.74) is 0.596. The third-order valence-electron chi connectivity index (χ3n) is 7.69. The standard InChI is InChI=1S/C24H30N2O4/c27-21(30-15-16-4-2-1-3-5-16)11-20-22(28)25-6-7-26(20)23(29)24-12-17-8-18(13-24)10-19(9-17)14-24/h1-5,17-20H,6-15H2,(H,25,28)/t17?,18?,19?,20-,24?/m1/s1. The molecule has 1 aromatic rings. The van der Waals surface area contributed by atoms with E-state index in [0.29, 0.717) is 30.8 Å². The van der Waals surface area contributed by atoms with Crippen molar-refractivity contribution in [2.45, 2.75) is 57.6 Å². The first-order chi connectivity index (χ1) is 14.5. The van der Waals surface area contributed by atoms with Crippen LogP contribution in [0.4, 0.5) is 0 Å². The van der Waals surface area contributed by atoms with Gasteiger partial charge in [-0.3, -0.25) is 14.4 Å². The van der Waals surface area contributed by atoms with Crippen molar-refractivity contribution in [3.63, 3.8) is 0 Å². The summed E-state index contributed by atoms with van der Waals surface area (Å²) >= 11 is 0. The summed E-state index contributed by atoms with van der Waals surface area (Å²) in [4.78, 5) is 40.6. The van der Waals surface area contributed by atoms with Crippen LogP contribution in [0.25, 0.3) is 0 Å². The summed E-state index contributed by atoms with van der Waals surface area (Å²) in [7, 11) is 0. The lowest BCUT2D eigenvalue weighted by atomic mass is 9.49. The molecule has 1 N–H and O–H groups in total. The SMILES string of the molecule is O=C(C[C@@H]1C(=O)NCCN1C(=O)C12CC3CC(CC(C3)C1)C2)OCc1ccccc1. The minimum atomic E-state index is -0.762. The molecule has 1 heterocycles. The Labute approximate surface area is 177 Å². The van der Waals surface area contributed by atoms with Crippen LogP contribution in [-0.4, -0.2) is 41.8 Å². The number of ether oxygens (including phenoxy) is 1. The summed E-state index contributed by atoms with van der Waals surface area (Å²) < 4.78 is 5.40. The molecule has 0 unspecified atom stereocenters. The van der Waals surface area contributed by atoms with Crippen LogP contribution in [0.1, 0.15) is 50.5 Å². The summed E-state index contributed by atoms with van der Waals surface area (Å²) in [5.74, 6) is 1.41. The van der Waals surface area contributed by atoms with E-state index in [1.54, 1.807) is 4.90 Å². The Balaban J connectivity index is 1.28. The first-order valence-corrected chi connectivity index (χ1v) is 11.3. The predicted molar refractivity (Wildman–Crippen MR) is 110 cm³/mol. The fourth-order valence-electron chi connectivity index (χ4n) is 6.79. The maximum atomic E-state index is 13.8. The number of carbonyl (C=O) groups is 3. The number of nitrogens with one attached hydrogen (secondary N) is 1. The highest BCUT2D eigenvalue weighted by Gasteiger charge is 2.56. The van der Waals surface area contributed by atoms with E-state index in [1.165, 1.54) is 19.3 Å². The molecule has 4 bridgehead atoms. The van der Waals surface area contributed by atoms with E-state index in [1.807, 2.05) is 30.3 Å². The number of rotatable bonds is 5. The lowest BCUT2D eigenvalue weighted by Crippen LogP contribution is -2.63. The van der Waals surface area contributed by atoms with Crippen LogP contribution < -0.4 is 5.32 Å². The first kappa shape index (κ1) is 19.6. The second-order valence-electron chi connectivity index (χ2n) is 9.85. The lowest BCUT2D eigenvalue weighted by molar-refractivity contribution is -0.166. The van der Waals surface area contributed by atoms with Gasteiger partial charge in [-0.25, -0.2) is 0 Å². The third-order valence-corrected chi connectivity index (χ3v) is 7.69. The van der Waals surface area contributed by atoms with Crippen molar-refractivity contribution < 1.29 is 19.1 Å². The molecule has 1 saturated heterocycles. The minimum absolute atomic E-state index is 0.0865. The van der Waals surface area contributed by atoms with Gasteiger partial charge in [0.2, 0.25) is 11.8 Å². The number of esters is 1.